The Balaban J connectivity index is 1.58. The number of halogens is 1. The number of fused-ring (bicyclic) bond motifs is 2. The third kappa shape index (κ3) is 2.98. The zero-order chi connectivity index (χ0) is 18.2. The summed E-state index contributed by atoms with van der Waals surface area (Å²) < 4.78 is 0. The predicted octanol–water partition coefficient (Wildman–Crippen LogP) is 5.25. The molecule has 1 fully saturated rings. The molecule has 0 spiro atoms. The molecule has 2 aliphatic rings. The minimum atomic E-state index is 0.146. The van der Waals surface area contributed by atoms with Crippen molar-refractivity contribution in [1.82, 2.24) is 9.80 Å². The van der Waals surface area contributed by atoms with Gasteiger partial charge in [0.1, 0.15) is 0 Å². The fraction of sp³-hybridized carbons (Fsp3) is 0.174. The van der Waals surface area contributed by atoms with Gasteiger partial charge >= 0.3 is 0 Å². The normalized spacial score (nSPS) is 18.1. The molecule has 27 heavy (non-hydrogen) atoms. The van der Waals surface area contributed by atoms with Crippen molar-refractivity contribution in [2.45, 2.75) is 12.6 Å². The van der Waals surface area contributed by atoms with Gasteiger partial charge in [0.05, 0.1) is 11.7 Å². The van der Waals surface area contributed by atoms with E-state index in [0.29, 0.717) is 0 Å². The summed E-state index contributed by atoms with van der Waals surface area (Å²) in [5, 5.41) is 0.758. The molecule has 3 aromatic carbocycles. The van der Waals surface area contributed by atoms with E-state index in [1.54, 1.807) is 0 Å². The third-order valence-corrected chi connectivity index (χ3v) is 5.53. The Labute approximate surface area is 164 Å². The Bertz CT molecular complexity index is 985. The van der Waals surface area contributed by atoms with Crippen molar-refractivity contribution in [3.8, 4) is 0 Å². The summed E-state index contributed by atoms with van der Waals surface area (Å²) in [7, 11) is 0. The number of hydrogen-bond donors (Lipinski definition) is 0. The Kier molecular flexibility index (Phi) is 4.10. The molecule has 1 unspecified atom stereocenters. The van der Waals surface area contributed by atoms with Crippen LogP contribution in [0.1, 0.15) is 22.7 Å². The van der Waals surface area contributed by atoms with Gasteiger partial charge in [-0.05, 0) is 29.3 Å². The van der Waals surface area contributed by atoms with Crippen molar-refractivity contribution in [2.24, 2.45) is 4.99 Å². The Morgan fingerprint density at radius 2 is 1.63 bits per heavy atom. The first-order valence-corrected chi connectivity index (χ1v) is 9.66. The van der Waals surface area contributed by atoms with Crippen LogP contribution in [0.5, 0.6) is 0 Å². The van der Waals surface area contributed by atoms with E-state index >= 15 is 0 Å². The third-order valence-electron chi connectivity index (χ3n) is 5.30. The van der Waals surface area contributed by atoms with Crippen LogP contribution in [-0.4, -0.2) is 28.8 Å². The van der Waals surface area contributed by atoms with E-state index in [9.17, 15) is 0 Å². The predicted molar refractivity (Wildman–Crippen MR) is 110 cm³/mol. The maximum atomic E-state index is 6.33. The molecular weight excluding hydrogens is 354 g/mol. The van der Waals surface area contributed by atoms with Crippen LogP contribution in [-0.2, 0) is 6.54 Å². The van der Waals surface area contributed by atoms with E-state index in [1.165, 1.54) is 16.7 Å². The maximum absolute atomic E-state index is 6.33. The molecule has 3 aromatic rings. The summed E-state index contributed by atoms with van der Waals surface area (Å²) in [5.41, 5.74) is 4.77. The fourth-order valence-corrected chi connectivity index (χ4v) is 4.24. The van der Waals surface area contributed by atoms with Crippen LogP contribution >= 0.6 is 11.6 Å². The molecule has 0 N–H and O–H groups in total. The topological polar surface area (TPSA) is 18.8 Å². The molecule has 4 heteroatoms. The summed E-state index contributed by atoms with van der Waals surface area (Å²) in [6.45, 7) is 2.80. The van der Waals surface area contributed by atoms with Gasteiger partial charge in [0.15, 0.2) is 0 Å². The number of rotatable bonds is 3. The summed E-state index contributed by atoms with van der Waals surface area (Å²) >= 11 is 6.33. The second-order valence-electron chi connectivity index (χ2n) is 7.03. The van der Waals surface area contributed by atoms with Crippen molar-refractivity contribution in [2.75, 3.05) is 13.1 Å². The van der Waals surface area contributed by atoms with Gasteiger partial charge in [-0.1, -0.05) is 72.3 Å². The lowest BCUT2D eigenvalue weighted by Crippen LogP contribution is -2.38. The average molecular weight is 374 g/mol. The lowest BCUT2D eigenvalue weighted by Gasteiger charge is -2.35. The molecule has 0 aliphatic carbocycles. The number of aliphatic imine (C=N–C) groups is 1. The maximum Gasteiger partial charge on any atom is 0.203 e. The van der Waals surface area contributed by atoms with Gasteiger partial charge in [0, 0.05) is 30.2 Å². The first-order chi connectivity index (χ1) is 13.3. The molecular formula is C23H20ClN3. The van der Waals surface area contributed by atoms with Crippen LogP contribution in [0.2, 0.25) is 5.02 Å². The van der Waals surface area contributed by atoms with E-state index < -0.39 is 0 Å². The first-order valence-electron chi connectivity index (χ1n) is 9.28. The van der Waals surface area contributed by atoms with Crippen LogP contribution in [0.4, 0.5) is 5.69 Å². The van der Waals surface area contributed by atoms with Crippen LogP contribution in [0, 0.1) is 0 Å². The van der Waals surface area contributed by atoms with Gasteiger partial charge in [-0.2, -0.15) is 0 Å². The Morgan fingerprint density at radius 3 is 2.41 bits per heavy atom. The first kappa shape index (κ1) is 16.4. The van der Waals surface area contributed by atoms with Gasteiger partial charge < -0.3 is 9.80 Å². The van der Waals surface area contributed by atoms with Crippen LogP contribution in [0.25, 0.3) is 0 Å². The standard InChI is InChI=1S/C23H20ClN3/c24-19-11-12-21-20(15-19)22(18-9-5-2-6-10-18)27-14-13-26(23(27)25-21)16-17-7-3-1-4-8-17/h1-12,15,22H,13-14,16H2. The highest BCUT2D eigenvalue weighted by Gasteiger charge is 2.37. The van der Waals surface area contributed by atoms with Crippen molar-refractivity contribution in [1.29, 1.82) is 0 Å². The minimum Gasteiger partial charge on any atom is -0.336 e. The van der Waals surface area contributed by atoms with Crippen molar-refractivity contribution < 1.29 is 0 Å². The molecule has 2 heterocycles. The average Bonchev–Trinajstić information content (AvgIpc) is 3.10. The minimum absolute atomic E-state index is 0.146. The highest BCUT2D eigenvalue weighted by molar-refractivity contribution is 6.30. The Hall–Kier alpha value is -2.78. The SMILES string of the molecule is Clc1ccc2c(c1)C(c1ccccc1)N1CCN(Cc3ccccc3)C1=N2. The molecule has 0 aromatic heterocycles. The molecule has 134 valence electrons. The van der Waals surface area contributed by atoms with Gasteiger partial charge in [-0.15, -0.1) is 0 Å². The molecule has 5 rings (SSSR count). The lowest BCUT2D eigenvalue weighted by molar-refractivity contribution is 0.386. The van der Waals surface area contributed by atoms with E-state index in [-0.39, 0.29) is 6.04 Å². The Morgan fingerprint density at radius 1 is 0.889 bits per heavy atom. The lowest BCUT2D eigenvalue weighted by atomic mass is 9.95. The molecule has 3 nitrogen and oxygen atoms in total. The molecule has 1 atom stereocenters. The van der Waals surface area contributed by atoms with Gasteiger partial charge in [-0.3, -0.25) is 0 Å². The van der Waals surface area contributed by atoms with Crippen LogP contribution in [0.3, 0.4) is 0 Å². The number of benzene rings is 3. The van der Waals surface area contributed by atoms with Crippen molar-refractivity contribution >= 4 is 23.2 Å². The summed E-state index contributed by atoms with van der Waals surface area (Å²) in [6, 6.07) is 27.4. The molecule has 0 saturated carbocycles. The van der Waals surface area contributed by atoms with E-state index in [2.05, 4.69) is 76.5 Å². The summed E-state index contributed by atoms with van der Waals surface area (Å²) in [6.07, 6.45) is 0. The van der Waals surface area contributed by atoms with E-state index in [0.717, 1.165) is 36.3 Å². The van der Waals surface area contributed by atoms with E-state index in [4.69, 9.17) is 16.6 Å². The molecule has 1 saturated heterocycles. The summed E-state index contributed by atoms with van der Waals surface area (Å²) in [5.74, 6) is 1.06. The van der Waals surface area contributed by atoms with Crippen molar-refractivity contribution in [3.05, 3.63) is 101 Å². The molecule has 2 aliphatic heterocycles. The van der Waals surface area contributed by atoms with Gasteiger partial charge in [0.2, 0.25) is 5.96 Å². The number of nitrogens with zero attached hydrogens (tertiary/aromatic N) is 3. The fourth-order valence-electron chi connectivity index (χ4n) is 4.06. The largest absolute Gasteiger partial charge is 0.336 e. The zero-order valence-corrected chi connectivity index (χ0v) is 15.7. The quantitative estimate of drug-likeness (QED) is 0.624. The number of hydrogen-bond acceptors (Lipinski definition) is 3. The second kappa shape index (κ2) is 6.75. The van der Waals surface area contributed by atoms with Gasteiger partial charge in [-0.25, -0.2) is 4.99 Å². The summed E-state index contributed by atoms with van der Waals surface area (Å²) in [4.78, 5) is 9.80. The van der Waals surface area contributed by atoms with Crippen LogP contribution in [0.15, 0.2) is 83.9 Å². The molecule has 0 amide bonds. The number of guanidine groups is 1. The van der Waals surface area contributed by atoms with Gasteiger partial charge in [0.25, 0.3) is 0 Å². The monoisotopic (exact) mass is 373 g/mol. The highest BCUT2D eigenvalue weighted by atomic mass is 35.5. The smallest absolute Gasteiger partial charge is 0.203 e. The molecule has 0 radical (unpaired) electrons. The van der Waals surface area contributed by atoms with Crippen molar-refractivity contribution in [3.63, 3.8) is 0 Å². The second-order valence-corrected chi connectivity index (χ2v) is 7.47. The van der Waals surface area contributed by atoms with Crippen LogP contribution < -0.4 is 0 Å². The highest BCUT2D eigenvalue weighted by Crippen LogP contribution is 2.42. The van der Waals surface area contributed by atoms with E-state index in [1.807, 2.05) is 12.1 Å². The molecule has 0 bridgehead atoms. The zero-order valence-electron chi connectivity index (χ0n) is 14.9.